The molecule has 1 fully saturated rings. The quantitative estimate of drug-likeness (QED) is 0.845. The standard InChI is InChI=1S/C16H20BrNO3/c1-9(2)6-12-11(8-15(19)18-16(12)20)10-4-5-14(21-3)13(17)7-10/h4-5,7,9,11-12H,6,8H2,1-3H3,(H,18,19,20). The van der Waals surface area contributed by atoms with Crippen molar-refractivity contribution >= 4 is 27.7 Å². The summed E-state index contributed by atoms with van der Waals surface area (Å²) in [6, 6.07) is 5.75. The topological polar surface area (TPSA) is 55.4 Å². The van der Waals surface area contributed by atoms with E-state index in [1.807, 2.05) is 18.2 Å². The molecule has 0 aromatic heterocycles. The molecule has 1 saturated heterocycles. The maximum absolute atomic E-state index is 12.2. The first kappa shape index (κ1) is 16.0. The van der Waals surface area contributed by atoms with E-state index in [0.717, 1.165) is 22.2 Å². The van der Waals surface area contributed by atoms with Crippen molar-refractivity contribution in [2.24, 2.45) is 11.8 Å². The van der Waals surface area contributed by atoms with Crippen molar-refractivity contribution in [1.82, 2.24) is 5.32 Å². The summed E-state index contributed by atoms with van der Waals surface area (Å²) in [4.78, 5) is 23.9. The third-order valence-electron chi connectivity index (χ3n) is 3.82. The molecule has 0 bridgehead atoms. The average molecular weight is 354 g/mol. The highest BCUT2D eigenvalue weighted by molar-refractivity contribution is 9.10. The number of hydrogen-bond donors (Lipinski definition) is 1. The molecule has 114 valence electrons. The minimum absolute atomic E-state index is 0.0733. The Morgan fingerprint density at radius 2 is 2.10 bits per heavy atom. The molecule has 5 heteroatoms. The second kappa shape index (κ2) is 6.60. The molecule has 0 saturated carbocycles. The van der Waals surface area contributed by atoms with Gasteiger partial charge in [-0.3, -0.25) is 14.9 Å². The van der Waals surface area contributed by atoms with Gasteiger partial charge in [0.15, 0.2) is 0 Å². The van der Waals surface area contributed by atoms with Crippen LogP contribution in [0.2, 0.25) is 0 Å². The van der Waals surface area contributed by atoms with Crippen molar-refractivity contribution in [2.45, 2.75) is 32.6 Å². The molecule has 1 aliphatic rings. The van der Waals surface area contributed by atoms with Crippen LogP contribution in [-0.4, -0.2) is 18.9 Å². The van der Waals surface area contributed by atoms with Gasteiger partial charge in [-0.15, -0.1) is 0 Å². The molecule has 0 spiro atoms. The summed E-state index contributed by atoms with van der Waals surface area (Å²) in [6.45, 7) is 4.18. The Labute approximate surface area is 133 Å². The Bertz CT molecular complexity index is 556. The lowest BCUT2D eigenvalue weighted by molar-refractivity contribution is -0.137. The average Bonchev–Trinajstić information content (AvgIpc) is 2.41. The zero-order chi connectivity index (χ0) is 15.6. The fourth-order valence-corrected chi connectivity index (χ4v) is 3.41. The summed E-state index contributed by atoms with van der Waals surface area (Å²) in [5, 5.41) is 2.46. The van der Waals surface area contributed by atoms with Crippen molar-refractivity contribution in [2.75, 3.05) is 7.11 Å². The molecule has 1 aromatic carbocycles. The van der Waals surface area contributed by atoms with E-state index in [4.69, 9.17) is 4.74 Å². The van der Waals surface area contributed by atoms with E-state index < -0.39 is 0 Å². The molecular weight excluding hydrogens is 334 g/mol. The molecule has 1 aliphatic heterocycles. The predicted molar refractivity (Wildman–Crippen MR) is 84.1 cm³/mol. The van der Waals surface area contributed by atoms with Gasteiger partial charge < -0.3 is 4.74 Å². The number of carbonyl (C=O) groups excluding carboxylic acids is 2. The van der Waals surface area contributed by atoms with Gasteiger partial charge in [0.2, 0.25) is 11.8 Å². The van der Waals surface area contributed by atoms with Gasteiger partial charge in [-0.05, 0) is 46.0 Å². The smallest absolute Gasteiger partial charge is 0.230 e. The highest BCUT2D eigenvalue weighted by Gasteiger charge is 2.37. The number of halogens is 1. The largest absolute Gasteiger partial charge is 0.496 e. The minimum atomic E-state index is -0.197. The molecule has 0 radical (unpaired) electrons. The van der Waals surface area contributed by atoms with Crippen LogP contribution in [0.4, 0.5) is 0 Å². The maximum Gasteiger partial charge on any atom is 0.230 e. The van der Waals surface area contributed by atoms with Crippen LogP contribution < -0.4 is 10.1 Å². The Hall–Kier alpha value is -1.36. The van der Waals surface area contributed by atoms with Gasteiger partial charge in [-0.2, -0.15) is 0 Å². The van der Waals surface area contributed by atoms with Crippen LogP contribution in [0.1, 0.15) is 38.2 Å². The number of rotatable bonds is 4. The van der Waals surface area contributed by atoms with Crippen molar-refractivity contribution in [3.05, 3.63) is 28.2 Å². The number of benzene rings is 1. The molecule has 2 amide bonds. The zero-order valence-corrected chi connectivity index (χ0v) is 14.1. The highest BCUT2D eigenvalue weighted by Crippen LogP contribution is 2.38. The molecule has 0 aliphatic carbocycles. The van der Waals surface area contributed by atoms with Gasteiger partial charge in [0.1, 0.15) is 5.75 Å². The zero-order valence-electron chi connectivity index (χ0n) is 12.5. The van der Waals surface area contributed by atoms with Gasteiger partial charge in [0.05, 0.1) is 11.6 Å². The van der Waals surface area contributed by atoms with E-state index in [0.29, 0.717) is 12.3 Å². The molecule has 21 heavy (non-hydrogen) atoms. The molecule has 2 unspecified atom stereocenters. The van der Waals surface area contributed by atoms with Crippen LogP contribution in [-0.2, 0) is 9.59 Å². The van der Waals surface area contributed by atoms with E-state index in [1.165, 1.54) is 0 Å². The number of imide groups is 1. The number of nitrogens with one attached hydrogen (secondary N) is 1. The van der Waals surface area contributed by atoms with Crippen LogP contribution in [0.25, 0.3) is 0 Å². The third-order valence-corrected chi connectivity index (χ3v) is 4.44. The summed E-state index contributed by atoms with van der Waals surface area (Å²) < 4.78 is 6.07. The normalized spacial score (nSPS) is 22.3. The van der Waals surface area contributed by atoms with Gasteiger partial charge in [-0.25, -0.2) is 0 Å². The first-order chi connectivity index (χ1) is 9.92. The van der Waals surface area contributed by atoms with Gasteiger partial charge >= 0.3 is 0 Å². The summed E-state index contributed by atoms with van der Waals surface area (Å²) in [5.41, 5.74) is 0.997. The fraction of sp³-hybridized carbons (Fsp3) is 0.500. The minimum Gasteiger partial charge on any atom is -0.496 e. The lowest BCUT2D eigenvalue weighted by Crippen LogP contribution is -2.45. The van der Waals surface area contributed by atoms with Crippen molar-refractivity contribution < 1.29 is 14.3 Å². The maximum atomic E-state index is 12.2. The summed E-state index contributed by atoms with van der Waals surface area (Å²) in [5.74, 6) is 0.552. The highest BCUT2D eigenvalue weighted by atomic mass is 79.9. The van der Waals surface area contributed by atoms with Crippen LogP contribution in [0.3, 0.4) is 0 Å². The fourth-order valence-electron chi connectivity index (χ4n) is 2.85. The number of carbonyl (C=O) groups is 2. The van der Waals surface area contributed by atoms with E-state index in [2.05, 4.69) is 35.1 Å². The first-order valence-electron chi connectivity index (χ1n) is 7.09. The van der Waals surface area contributed by atoms with E-state index >= 15 is 0 Å². The van der Waals surface area contributed by atoms with E-state index in [1.54, 1.807) is 7.11 Å². The monoisotopic (exact) mass is 353 g/mol. The van der Waals surface area contributed by atoms with Crippen LogP contribution in [0.15, 0.2) is 22.7 Å². The van der Waals surface area contributed by atoms with E-state index in [9.17, 15) is 9.59 Å². The van der Waals surface area contributed by atoms with Crippen molar-refractivity contribution in [3.8, 4) is 5.75 Å². The Morgan fingerprint density at radius 1 is 1.38 bits per heavy atom. The molecule has 2 atom stereocenters. The summed E-state index contributed by atoms with van der Waals surface area (Å²) in [7, 11) is 1.61. The lowest BCUT2D eigenvalue weighted by Gasteiger charge is -2.31. The number of methoxy groups -OCH3 is 1. The molecular formula is C16H20BrNO3. The lowest BCUT2D eigenvalue weighted by atomic mass is 9.76. The second-order valence-corrected chi connectivity index (χ2v) is 6.71. The number of hydrogen-bond acceptors (Lipinski definition) is 3. The van der Waals surface area contributed by atoms with Gasteiger partial charge in [-0.1, -0.05) is 19.9 Å². The Balaban J connectivity index is 2.34. The SMILES string of the molecule is COc1ccc(C2CC(=O)NC(=O)C2CC(C)C)cc1Br. The predicted octanol–water partition coefficient (Wildman–Crippen LogP) is 3.25. The van der Waals surface area contributed by atoms with Crippen molar-refractivity contribution in [1.29, 1.82) is 0 Å². The second-order valence-electron chi connectivity index (χ2n) is 5.85. The molecule has 1 aromatic rings. The van der Waals surface area contributed by atoms with Crippen LogP contribution >= 0.6 is 15.9 Å². The number of piperidine rings is 1. The van der Waals surface area contributed by atoms with Crippen molar-refractivity contribution in [3.63, 3.8) is 0 Å². The number of ether oxygens (including phenoxy) is 1. The third kappa shape index (κ3) is 3.64. The first-order valence-corrected chi connectivity index (χ1v) is 7.88. The Kier molecular flexibility index (Phi) is 5.04. The van der Waals surface area contributed by atoms with Gasteiger partial charge in [0, 0.05) is 18.3 Å². The molecule has 2 rings (SSSR count). The molecule has 1 heterocycles. The van der Waals surface area contributed by atoms with Gasteiger partial charge in [0.25, 0.3) is 0 Å². The number of amides is 2. The molecule has 1 N–H and O–H groups in total. The Morgan fingerprint density at radius 3 is 2.67 bits per heavy atom. The summed E-state index contributed by atoms with van der Waals surface area (Å²) in [6.07, 6.45) is 1.12. The molecule has 4 nitrogen and oxygen atoms in total. The van der Waals surface area contributed by atoms with E-state index in [-0.39, 0.29) is 23.7 Å². The van der Waals surface area contributed by atoms with Crippen LogP contribution in [0, 0.1) is 11.8 Å². The summed E-state index contributed by atoms with van der Waals surface area (Å²) >= 11 is 3.46. The van der Waals surface area contributed by atoms with Crippen LogP contribution in [0.5, 0.6) is 5.75 Å².